The first-order valence-corrected chi connectivity index (χ1v) is 6.28. The molecule has 0 unspecified atom stereocenters. The van der Waals surface area contributed by atoms with Crippen LogP contribution in [0.3, 0.4) is 0 Å². The van der Waals surface area contributed by atoms with Gasteiger partial charge in [0.2, 0.25) is 5.88 Å². The molecule has 0 bridgehead atoms. The van der Waals surface area contributed by atoms with Crippen LogP contribution in [0.25, 0.3) is 0 Å². The molecule has 4 nitrogen and oxygen atoms in total. The van der Waals surface area contributed by atoms with Gasteiger partial charge in [-0.15, -0.1) is 13.2 Å². The van der Waals surface area contributed by atoms with Crippen LogP contribution in [0.4, 0.5) is 5.69 Å². The summed E-state index contributed by atoms with van der Waals surface area (Å²) < 4.78 is 5.71. The molecule has 0 fully saturated rings. The highest BCUT2D eigenvalue weighted by atomic mass is 16.5. The van der Waals surface area contributed by atoms with Gasteiger partial charge in [0, 0.05) is 23.6 Å². The van der Waals surface area contributed by atoms with E-state index >= 15 is 0 Å². The maximum absolute atomic E-state index is 11.6. The number of nitrogens with zero attached hydrogens (tertiary/aromatic N) is 1. The van der Waals surface area contributed by atoms with Crippen LogP contribution >= 0.6 is 0 Å². The number of ketones is 1. The first-order chi connectivity index (χ1) is 9.74. The van der Waals surface area contributed by atoms with E-state index in [0.29, 0.717) is 23.7 Å². The highest BCUT2D eigenvalue weighted by Gasteiger charge is 2.22. The van der Waals surface area contributed by atoms with Crippen molar-refractivity contribution in [3.63, 3.8) is 0 Å². The van der Waals surface area contributed by atoms with Gasteiger partial charge >= 0.3 is 0 Å². The number of fused-ring (bicyclic) bond motifs is 1. The molecule has 20 heavy (non-hydrogen) atoms. The maximum Gasteiger partial charge on any atom is 0.219 e. The number of ether oxygens (including phenoxy) is 1. The van der Waals surface area contributed by atoms with Crippen molar-refractivity contribution >= 4 is 11.5 Å². The lowest BCUT2D eigenvalue weighted by Gasteiger charge is -2.08. The molecular formula is C16H16N2O2. The van der Waals surface area contributed by atoms with Gasteiger partial charge in [0.05, 0.1) is 11.9 Å². The monoisotopic (exact) mass is 268 g/mol. The molecule has 2 aromatic rings. The van der Waals surface area contributed by atoms with Gasteiger partial charge in [-0.1, -0.05) is 12.1 Å². The molecule has 0 radical (unpaired) electrons. The van der Waals surface area contributed by atoms with E-state index < -0.39 is 0 Å². The van der Waals surface area contributed by atoms with Gasteiger partial charge in [0.25, 0.3) is 0 Å². The first-order valence-electron chi connectivity index (χ1n) is 6.28. The van der Waals surface area contributed by atoms with Gasteiger partial charge in [-0.3, -0.25) is 4.79 Å². The number of hydrogen-bond donors (Lipinski definition) is 1. The minimum Gasteiger partial charge on any atom is -0.439 e. The molecule has 1 aromatic heterocycles. The van der Waals surface area contributed by atoms with Gasteiger partial charge in [-0.05, 0) is 18.6 Å². The molecule has 1 aliphatic rings. The smallest absolute Gasteiger partial charge is 0.219 e. The number of benzene rings is 1. The summed E-state index contributed by atoms with van der Waals surface area (Å²) in [5.41, 5.74) is 7.90. The number of anilines is 1. The summed E-state index contributed by atoms with van der Waals surface area (Å²) in [5, 5.41) is 0. The third kappa shape index (κ3) is 2.69. The molecule has 0 saturated carbocycles. The zero-order valence-corrected chi connectivity index (χ0v) is 11.1. The van der Waals surface area contributed by atoms with Crippen molar-refractivity contribution in [2.75, 3.05) is 5.73 Å². The molecule has 0 amide bonds. The number of nitrogens with two attached hydrogens (primary N) is 1. The second-order valence-corrected chi connectivity index (χ2v) is 4.24. The summed E-state index contributed by atoms with van der Waals surface area (Å²) in [4.78, 5) is 15.7. The molecule has 3 rings (SSSR count). The van der Waals surface area contributed by atoms with Gasteiger partial charge in [-0.25, -0.2) is 4.98 Å². The molecule has 1 heterocycles. The SMILES string of the molecule is C=C.Nc1ccc(Oc2cccc3c2CCC3=O)nc1. The summed E-state index contributed by atoms with van der Waals surface area (Å²) >= 11 is 0. The maximum atomic E-state index is 11.6. The average molecular weight is 268 g/mol. The van der Waals surface area contributed by atoms with Gasteiger partial charge < -0.3 is 10.5 Å². The first kappa shape index (κ1) is 13.8. The fraction of sp³-hybridized carbons (Fsp3) is 0.125. The molecule has 0 atom stereocenters. The van der Waals surface area contributed by atoms with Gasteiger partial charge in [0.1, 0.15) is 5.75 Å². The lowest BCUT2D eigenvalue weighted by atomic mass is 10.1. The molecule has 102 valence electrons. The highest BCUT2D eigenvalue weighted by molar-refractivity contribution is 6.01. The van der Waals surface area contributed by atoms with Crippen LogP contribution in [0, 0.1) is 0 Å². The Morgan fingerprint density at radius 1 is 1.15 bits per heavy atom. The molecule has 2 N–H and O–H groups in total. The highest BCUT2D eigenvalue weighted by Crippen LogP contribution is 2.32. The van der Waals surface area contributed by atoms with E-state index in [9.17, 15) is 4.79 Å². The molecule has 1 aliphatic carbocycles. The number of Topliss-reactive ketones (excluding diaryl/α,β-unsaturated/α-hetero) is 1. The molecule has 0 saturated heterocycles. The number of pyridine rings is 1. The van der Waals surface area contributed by atoms with Crippen LogP contribution in [0.1, 0.15) is 22.3 Å². The predicted octanol–water partition coefficient (Wildman–Crippen LogP) is 3.39. The lowest BCUT2D eigenvalue weighted by molar-refractivity contribution is 0.0994. The Bertz CT molecular complexity index is 621. The van der Waals surface area contributed by atoms with E-state index in [-0.39, 0.29) is 5.78 Å². The summed E-state index contributed by atoms with van der Waals surface area (Å²) in [5.74, 6) is 1.37. The second kappa shape index (κ2) is 6.02. The Labute approximate surface area is 117 Å². The Morgan fingerprint density at radius 3 is 2.65 bits per heavy atom. The standard InChI is InChI=1S/C14H12N2O2.C2H4/c15-9-4-7-14(16-8-9)18-13-3-1-2-10-11(13)5-6-12(10)17;1-2/h1-4,7-8H,5-6,15H2;1-2H2. The van der Waals surface area contributed by atoms with Crippen LogP contribution in [-0.2, 0) is 6.42 Å². The number of nitrogen functional groups attached to an aromatic ring is 1. The molecule has 1 aromatic carbocycles. The largest absolute Gasteiger partial charge is 0.439 e. The summed E-state index contributed by atoms with van der Waals surface area (Å²) in [7, 11) is 0. The third-order valence-electron chi connectivity index (χ3n) is 3.01. The number of hydrogen-bond acceptors (Lipinski definition) is 4. The zero-order valence-electron chi connectivity index (χ0n) is 11.1. The van der Waals surface area contributed by atoms with E-state index in [1.54, 1.807) is 18.3 Å². The predicted molar refractivity (Wildman–Crippen MR) is 79.1 cm³/mol. The number of aromatic nitrogens is 1. The summed E-state index contributed by atoms with van der Waals surface area (Å²) in [6.07, 6.45) is 2.84. The average Bonchev–Trinajstić information content (AvgIpc) is 2.87. The fourth-order valence-electron chi connectivity index (χ4n) is 2.12. The Balaban J connectivity index is 0.000000704. The van der Waals surface area contributed by atoms with Crippen molar-refractivity contribution in [2.45, 2.75) is 12.8 Å². The minimum atomic E-state index is 0.181. The van der Waals surface area contributed by atoms with Crippen molar-refractivity contribution in [1.29, 1.82) is 0 Å². The van der Waals surface area contributed by atoms with Crippen molar-refractivity contribution in [3.8, 4) is 11.6 Å². The molecule has 4 heteroatoms. The third-order valence-corrected chi connectivity index (χ3v) is 3.01. The number of carbonyl (C=O) groups excluding carboxylic acids is 1. The number of carbonyl (C=O) groups is 1. The fourth-order valence-corrected chi connectivity index (χ4v) is 2.12. The van der Waals surface area contributed by atoms with Crippen LogP contribution in [0.2, 0.25) is 0 Å². The van der Waals surface area contributed by atoms with E-state index in [2.05, 4.69) is 18.1 Å². The van der Waals surface area contributed by atoms with Crippen LogP contribution in [-0.4, -0.2) is 10.8 Å². The van der Waals surface area contributed by atoms with Crippen LogP contribution in [0.5, 0.6) is 11.6 Å². The quantitative estimate of drug-likeness (QED) is 0.848. The zero-order chi connectivity index (χ0) is 14.5. The van der Waals surface area contributed by atoms with Crippen molar-refractivity contribution in [2.24, 2.45) is 0 Å². The number of rotatable bonds is 2. The Morgan fingerprint density at radius 2 is 1.95 bits per heavy atom. The van der Waals surface area contributed by atoms with Crippen molar-refractivity contribution in [1.82, 2.24) is 4.98 Å². The second-order valence-electron chi connectivity index (χ2n) is 4.24. The van der Waals surface area contributed by atoms with E-state index in [1.807, 2.05) is 18.2 Å². The molecule has 0 spiro atoms. The normalized spacial score (nSPS) is 12.3. The molecular weight excluding hydrogens is 252 g/mol. The minimum absolute atomic E-state index is 0.181. The topological polar surface area (TPSA) is 65.2 Å². The van der Waals surface area contributed by atoms with Gasteiger partial charge in [0.15, 0.2) is 5.78 Å². The molecule has 0 aliphatic heterocycles. The van der Waals surface area contributed by atoms with Crippen LogP contribution in [0.15, 0.2) is 49.7 Å². The Hall–Kier alpha value is -2.62. The van der Waals surface area contributed by atoms with Crippen molar-refractivity contribution in [3.05, 3.63) is 60.8 Å². The van der Waals surface area contributed by atoms with Crippen LogP contribution < -0.4 is 10.5 Å². The van der Waals surface area contributed by atoms with E-state index in [4.69, 9.17) is 10.5 Å². The summed E-state index contributed by atoms with van der Waals surface area (Å²) in [6.45, 7) is 6.00. The van der Waals surface area contributed by atoms with Crippen molar-refractivity contribution < 1.29 is 9.53 Å². The Kier molecular flexibility index (Phi) is 4.15. The lowest BCUT2D eigenvalue weighted by Crippen LogP contribution is -1.95. The van der Waals surface area contributed by atoms with E-state index in [0.717, 1.165) is 17.5 Å². The van der Waals surface area contributed by atoms with Gasteiger partial charge in [-0.2, -0.15) is 0 Å². The summed E-state index contributed by atoms with van der Waals surface area (Å²) in [6, 6.07) is 8.97. The van der Waals surface area contributed by atoms with E-state index in [1.165, 1.54) is 0 Å².